The number of nitrogens with one attached hydrogen (secondary N) is 3. The van der Waals surface area contributed by atoms with E-state index in [1.807, 2.05) is 43.0 Å². The van der Waals surface area contributed by atoms with Crippen LogP contribution in [-0.4, -0.2) is 43.1 Å². The SMILES string of the molecule is CCNC(=NCc1cccc(NC(=O)N2CCCC2)c1)NCc1ccc(C)cc1OCC.I. The van der Waals surface area contributed by atoms with Crippen LogP contribution in [0.15, 0.2) is 47.5 Å². The average Bonchev–Trinajstić information content (AvgIpc) is 3.32. The van der Waals surface area contributed by atoms with Gasteiger partial charge in [-0.1, -0.05) is 24.3 Å². The van der Waals surface area contributed by atoms with Crippen LogP contribution in [-0.2, 0) is 13.1 Å². The third-order valence-electron chi connectivity index (χ3n) is 5.30. The summed E-state index contributed by atoms with van der Waals surface area (Å²) < 4.78 is 5.78. The van der Waals surface area contributed by atoms with E-state index in [1.54, 1.807) is 0 Å². The number of rotatable bonds is 8. The van der Waals surface area contributed by atoms with Crippen molar-refractivity contribution < 1.29 is 9.53 Å². The summed E-state index contributed by atoms with van der Waals surface area (Å²) in [5.41, 5.74) is 4.10. The van der Waals surface area contributed by atoms with E-state index < -0.39 is 0 Å². The van der Waals surface area contributed by atoms with Crippen LogP contribution < -0.4 is 20.7 Å². The molecule has 0 atom stereocenters. The summed E-state index contributed by atoms with van der Waals surface area (Å²) in [6, 6.07) is 14.1. The minimum Gasteiger partial charge on any atom is -0.494 e. The zero-order valence-electron chi connectivity index (χ0n) is 19.8. The number of aryl methyl sites for hydroxylation is 1. The van der Waals surface area contributed by atoms with E-state index in [-0.39, 0.29) is 30.0 Å². The van der Waals surface area contributed by atoms with Gasteiger partial charge in [-0.15, -0.1) is 24.0 Å². The lowest BCUT2D eigenvalue weighted by Gasteiger charge is -2.16. The summed E-state index contributed by atoms with van der Waals surface area (Å²) in [4.78, 5) is 18.9. The van der Waals surface area contributed by atoms with Crippen molar-refractivity contribution >= 4 is 41.7 Å². The molecule has 180 valence electrons. The van der Waals surface area contributed by atoms with Crippen molar-refractivity contribution in [2.24, 2.45) is 4.99 Å². The first-order valence-corrected chi connectivity index (χ1v) is 11.5. The fourth-order valence-electron chi connectivity index (χ4n) is 3.66. The lowest BCUT2D eigenvalue weighted by molar-refractivity contribution is 0.222. The number of carbonyl (C=O) groups is 1. The van der Waals surface area contributed by atoms with Crippen LogP contribution in [0, 0.1) is 6.92 Å². The van der Waals surface area contributed by atoms with Crippen LogP contribution in [0.25, 0.3) is 0 Å². The number of amides is 2. The highest BCUT2D eigenvalue weighted by Gasteiger charge is 2.17. The van der Waals surface area contributed by atoms with Gasteiger partial charge in [-0.3, -0.25) is 0 Å². The number of hydrogen-bond acceptors (Lipinski definition) is 3. The van der Waals surface area contributed by atoms with Crippen molar-refractivity contribution in [2.45, 2.75) is 46.7 Å². The maximum atomic E-state index is 12.3. The first kappa shape index (κ1) is 26.8. The fraction of sp³-hybridized carbons (Fsp3) is 0.440. The maximum absolute atomic E-state index is 12.3. The Labute approximate surface area is 214 Å². The Kier molecular flexibility index (Phi) is 11.3. The molecule has 0 spiro atoms. The Bertz CT molecular complexity index is 929. The van der Waals surface area contributed by atoms with Crippen LogP contribution in [0.1, 0.15) is 43.4 Å². The lowest BCUT2D eigenvalue weighted by Crippen LogP contribution is -2.36. The van der Waals surface area contributed by atoms with E-state index in [1.165, 1.54) is 5.56 Å². The quantitative estimate of drug-likeness (QED) is 0.242. The number of ether oxygens (including phenoxy) is 1. The highest BCUT2D eigenvalue weighted by Crippen LogP contribution is 2.20. The van der Waals surface area contributed by atoms with Crippen molar-refractivity contribution in [1.82, 2.24) is 15.5 Å². The second kappa shape index (κ2) is 13.9. The minimum atomic E-state index is -0.0265. The number of benzene rings is 2. The molecule has 7 nitrogen and oxygen atoms in total. The van der Waals surface area contributed by atoms with Crippen molar-refractivity contribution in [3.05, 3.63) is 59.2 Å². The van der Waals surface area contributed by atoms with Crippen LogP contribution in [0.5, 0.6) is 5.75 Å². The van der Waals surface area contributed by atoms with Gasteiger partial charge >= 0.3 is 6.03 Å². The maximum Gasteiger partial charge on any atom is 0.321 e. The van der Waals surface area contributed by atoms with Crippen LogP contribution in [0.2, 0.25) is 0 Å². The Morgan fingerprint density at radius 2 is 1.88 bits per heavy atom. The van der Waals surface area contributed by atoms with Crippen molar-refractivity contribution in [3.8, 4) is 5.75 Å². The molecule has 33 heavy (non-hydrogen) atoms. The van der Waals surface area contributed by atoms with E-state index in [4.69, 9.17) is 9.73 Å². The number of halogens is 1. The summed E-state index contributed by atoms with van der Waals surface area (Å²) in [6.45, 7) is 10.3. The minimum absolute atomic E-state index is 0. The van der Waals surface area contributed by atoms with E-state index in [0.717, 1.165) is 61.0 Å². The van der Waals surface area contributed by atoms with Gasteiger partial charge in [-0.05, 0) is 62.9 Å². The van der Waals surface area contributed by atoms with Gasteiger partial charge in [-0.2, -0.15) is 0 Å². The summed E-state index contributed by atoms with van der Waals surface area (Å²) >= 11 is 0. The number of anilines is 1. The number of likely N-dealkylation sites (tertiary alicyclic amines) is 1. The predicted molar refractivity (Wildman–Crippen MR) is 146 cm³/mol. The van der Waals surface area contributed by atoms with E-state index >= 15 is 0 Å². The molecule has 2 amide bonds. The topological polar surface area (TPSA) is 78.0 Å². The predicted octanol–water partition coefficient (Wildman–Crippen LogP) is 4.89. The van der Waals surface area contributed by atoms with Crippen LogP contribution >= 0.6 is 24.0 Å². The largest absolute Gasteiger partial charge is 0.494 e. The number of aliphatic imine (C=N–C) groups is 1. The number of carbonyl (C=O) groups excluding carboxylic acids is 1. The smallest absolute Gasteiger partial charge is 0.321 e. The normalized spacial score (nSPS) is 13.3. The van der Waals surface area contributed by atoms with Crippen LogP contribution in [0.4, 0.5) is 10.5 Å². The Morgan fingerprint density at radius 3 is 2.61 bits per heavy atom. The van der Waals surface area contributed by atoms with Gasteiger partial charge < -0.3 is 25.6 Å². The number of hydrogen-bond donors (Lipinski definition) is 3. The summed E-state index contributed by atoms with van der Waals surface area (Å²) in [5, 5.41) is 9.68. The van der Waals surface area contributed by atoms with Gasteiger partial charge in [0.25, 0.3) is 0 Å². The molecule has 0 aliphatic carbocycles. The average molecular weight is 566 g/mol. The molecule has 0 saturated carbocycles. The van der Waals surface area contributed by atoms with Gasteiger partial charge in [0.05, 0.1) is 13.2 Å². The number of guanidine groups is 1. The Morgan fingerprint density at radius 1 is 1.09 bits per heavy atom. The molecule has 8 heteroatoms. The molecular weight excluding hydrogens is 529 g/mol. The molecule has 1 fully saturated rings. The second-order valence-corrected chi connectivity index (χ2v) is 7.92. The summed E-state index contributed by atoms with van der Waals surface area (Å²) in [6.07, 6.45) is 2.16. The molecule has 3 N–H and O–H groups in total. The number of urea groups is 1. The molecule has 1 aliphatic heterocycles. The van der Waals surface area contributed by atoms with Gasteiger partial charge in [0.1, 0.15) is 5.75 Å². The van der Waals surface area contributed by atoms with Gasteiger partial charge in [0.15, 0.2) is 5.96 Å². The van der Waals surface area contributed by atoms with E-state index in [9.17, 15) is 4.79 Å². The molecular formula is C25H36IN5O2. The third kappa shape index (κ3) is 8.42. The summed E-state index contributed by atoms with van der Waals surface area (Å²) in [7, 11) is 0. The van der Waals surface area contributed by atoms with Gasteiger partial charge in [0.2, 0.25) is 0 Å². The molecule has 1 saturated heterocycles. The molecule has 2 aromatic rings. The molecule has 1 aliphatic rings. The van der Waals surface area contributed by atoms with Crippen molar-refractivity contribution in [3.63, 3.8) is 0 Å². The molecule has 3 rings (SSSR count). The third-order valence-corrected chi connectivity index (χ3v) is 5.30. The van der Waals surface area contributed by atoms with Gasteiger partial charge in [0, 0.05) is 37.4 Å². The van der Waals surface area contributed by atoms with E-state index in [2.05, 4.69) is 41.1 Å². The monoisotopic (exact) mass is 565 g/mol. The number of nitrogens with zero attached hydrogens (tertiary/aromatic N) is 2. The first-order chi connectivity index (χ1) is 15.6. The summed E-state index contributed by atoms with van der Waals surface area (Å²) in [5.74, 6) is 1.64. The van der Waals surface area contributed by atoms with Crippen molar-refractivity contribution in [2.75, 3.05) is 31.6 Å². The molecule has 0 aromatic heterocycles. The van der Waals surface area contributed by atoms with Gasteiger partial charge in [-0.25, -0.2) is 9.79 Å². The zero-order chi connectivity index (χ0) is 22.8. The van der Waals surface area contributed by atoms with Crippen molar-refractivity contribution in [1.29, 1.82) is 0 Å². The molecule has 2 aromatic carbocycles. The van der Waals surface area contributed by atoms with E-state index in [0.29, 0.717) is 19.7 Å². The Balaban J connectivity index is 0.00000385. The van der Waals surface area contributed by atoms with Crippen LogP contribution in [0.3, 0.4) is 0 Å². The highest BCUT2D eigenvalue weighted by molar-refractivity contribution is 14.0. The zero-order valence-corrected chi connectivity index (χ0v) is 22.1. The standard InChI is InChI=1S/C25H35N5O2.HI/c1-4-26-24(28-18-21-12-11-19(3)15-23(21)32-5-2)27-17-20-9-8-10-22(16-20)29-25(31)30-13-6-7-14-30;/h8-12,15-16H,4-7,13-14,17-18H2,1-3H3,(H,29,31)(H2,26,27,28);1H. The Hall–Kier alpha value is -2.49. The lowest BCUT2D eigenvalue weighted by atomic mass is 10.1. The second-order valence-electron chi connectivity index (χ2n) is 7.92. The molecule has 1 heterocycles. The molecule has 0 radical (unpaired) electrons. The molecule has 0 unspecified atom stereocenters. The molecule has 0 bridgehead atoms. The highest BCUT2D eigenvalue weighted by atomic mass is 127. The first-order valence-electron chi connectivity index (χ1n) is 11.5. The fourth-order valence-corrected chi connectivity index (χ4v) is 3.66.